The van der Waals surface area contributed by atoms with E-state index in [4.69, 9.17) is 5.73 Å². The van der Waals surface area contributed by atoms with Crippen LogP contribution in [-0.2, 0) is 6.42 Å². The van der Waals surface area contributed by atoms with E-state index < -0.39 is 0 Å². The number of carbonyl (C=O) groups excluding carboxylic acids is 1. The van der Waals surface area contributed by atoms with Gasteiger partial charge in [0.15, 0.2) is 5.78 Å². The van der Waals surface area contributed by atoms with Gasteiger partial charge in [0.05, 0.1) is 11.4 Å². The van der Waals surface area contributed by atoms with Gasteiger partial charge in [0, 0.05) is 16.7 Å². The lowest BCUT2D eigenvalue weighted by atomic mass is 9.73. The standard InChI is InChI=1S/C18H20N2O/c1-18(2)10-9-12-11-13(7-8-14(12)17(18)21)20-16-6-4-3-5-15(16)19/h3-8,11,20H,9-10,19H2,1-2H3. The Hall–Kier alpha value is -2.29. The van der Waals surface area contributed by atoms with Crippen LogP contribution in [0.15, 0.2) is 42.5 Å². The fourth-order valence-corrected chi connectivity index (χ4v) is 2.79. The Kier molecular flexibility index (Phi) is 3.20. The molecule has 0 radical (unpaired) electrons. The Morgan fingerprint density at radius 2 is 1.90 bits per heavy atom. The molecule has 2 aromatic rings. The number of hydrogen-bond donors (Lipinski definition) is 2. The van der Waals surface area contributed by atoms with E-state index in [0.717, 1.165) is 35.3 Å². The minimum absolute atomic E-state index is 0.244. The van der Waals surface area contributed by atoms with Gasteiger partial charge in [-0.25, -0.2) is 0 Å². The van der Waals surface area contributed by atoms with E-state index in [9.17, 15) is 4.79 Å². The van der Waals surface area contributed by atoms with Crippen LogP contribution in [0.25, 0.3) is 0 Å². The number of fused-ring (bicyclic) bond motifs is 1. The van der Waals surface area contributed by atoms with E-state index in [2.05, 4.69) is 11.4 Å². The number of Topliss-reactive ketones (excluding diaryl/α,β-unsaturated/α-hetero) is 1. The Labute approximate surface area is 125 Å². The van der Waals surface area contributed by atoms with Gasteiger partial charge in [-0.1, -0.05) is 26.0 Å². The largest absolute Gasteiger partial charge is 0.397 e. The molecule has 3 rings (SSSR count). The molecule has 0 bridgehead atoms. The number of carbonyl (C=O) groups is 1. The zero-order valence-electron chi connectivity index (χ0n) is 12.4. The molecule has 3 nitrogen and oxygen atoms in total. The molecule has 0 spiro atoms. The summed E-state index contributed by atoms with van der Waals surface area (Å²) >= 11 is 0. The highest BCUT2D eigenvalue weighted by molar-refractivity contribution is 6.02. The molecule has 0 saturated carbocycles. The predicted octanol–water partition coefficient (Wildman–Crippen LogP) is 4.17. The number of aryl methyl sites for hydroxylation is 1. The fourth-order valence-electron chi connectivity index (χ4n) is 2.79. The topological polar surface area (TPSA) is 55.1 Å². The SMILES string of the molecule is CC1(C)CCc2cc(Nc3ccccc3N)ccc2C1=O. The van der Waals surface area contributed by atoms with Gasteiger partial charge >= 0.3 is 0 Å². The van der Waals surface area contributed by atoms with E-state index in [1.807, 2.05) is 50.2 Å². The van der Waals surface area contributed by atoms with Gasteiger partial charge in [0.1, 0.15) is 0 Å². The van der Waals surface area contributed by atoms with Crippen molar-refractivity contribution in [2.24, 2.45) is 5.41 Å². The average Bonchev–Trinajstić information content (AvgIpc) is 2.46. The van der Waals surface area contributed by atoms with Gasteiger partial charge in [-0.2, -0.15) is 0 Å². The molecule has 0 saturated heterocycles. The molecule has 0 unspecified atom stereocenters. The number of hydrogen-bond acceptors (Lipinski definition) is 3. The van der Waals surface area contributed by atoms with Crippen molar-refractivity contribution in [2.45, 2.75) is 26.7 Å². The van der Waals surface area contributed by atoms with Crippen molar-refractivity contribution in [1.29, 1.82) is 0 Å². The summed E-state index contributed by atoms with van der Waals surface area (Å²) in [6.45, 7) is 4.05. The van der Waals surface area contributed by atoms with Gasteiger partial charge in [0.2, 0.25) is 0 Å². The molecule has 3 heteroatoms. The highest BCUT2D eigenvalue weighted by Gasteiger charge is 2.33. The van der Waals surface area contributed by atoms with Gasteiger partial charge in [-0.15, -0.1) is 0 Å². The van der Waals surface area contributed by atoms with Crippen molar-refractivity contribution < 1.29 is 4.79 Å². The van der Waals surface area contributed by atoms with E-state index in [1.54, 1.807) is 0 Å². The normalized spacial score (nSPS) is 16.4. The summed E-state index contributed by atoms with van der Waals surface area (Å²) in [5.74, 6) is 0.245. The second kappa shape index (κ2) is 4.92. The fraction of sp³-hybridized carbons (Fsp3) is 0.278. The zero-order chi connectivity index (χ0) is 15.0. The van der Waals surface area contributed by atoms with Crippen molar-refractivity contribution in [3.63, 3.8) is 0 Å². The molecule has 108 valence electrons. The van der Waals surface area contributed by atoms with Crippen molar-refractivity contribution >= 4 is 22.8 Å². The molecule has 0 aliphatic heterocycles. The second-order valence-electron chi connectivity index (χ2n) is 6.30. The van der Waals surface area contributed by atoms with E-state index in [0.29, 0.717) is 5.69 Å². The van der Waals surface area contributed by atoms with Crippen LogP contribution in [0.2, 0.25) is 0 Å². The van der Waals surface area contributed by atoms with Crippen LogP contribution < -0.4 is 11.1 Å². The molecule has 0 aromatic heterocycles. The summed E-state index contributed by atoms with van der Waals surface area (Å²) in [7, 11) is 0. The third-order valence-corrected chi connectivity index (χ3v) is 4.22. The average molecular weight is 280 g/mol. The monoisotopic (exact) mass is 280 g/mol. The maximum absolute atomic E-state index is 12.4. The Morgan fingerprint density at radius 1 is 1.14 bits per heavy atom. The smallest absolute Gasteiger partial charge is 0.168 e. The number of rotatable bonds is 2. The maximum atomic E-state index is 12.4. The van der Waals surface area contributed by atoms with Crippen LogP contribution in [0, 0.1) is 5.41 Å². The van der Waals surface area contributed by atoms with Crippen LogP contribution in [0.5, 0.6) is 0 Å². The van der Waals surface area contributed by atoms with Crippen LogP contribution in [0.1, 0.15) is 36.2 Å². The van der Waals surface area contributed by atoms with Crippen LogP contribution in [0.4, 0.5) is 17.1 Å². The molecule has 0 fully saturated rings. The Morgan fingerprint density at radius 3 is 2.67 bits per heavy atom. The van der Waals surface area contributed by atoms with Gasteiger partial charge in [0.25, 0.3) is 0 Å². The first-order valence-electron chi connectivity index (χ1n) is 7.27. The lowest BCUT2D eigenvalue weighted by Crippen LogP contribution is -2.30. The molecule has 0 amide bonds. The third kappa shape index (κ3) is 2.51. The molecular weight excluding hydrogens is 260 g/mol. The summed E-state index contributed by atoms with van der Waals surface area (Å²) in [6.07, 6.45) is 1.84. The minimum atomic E-state index is -0.244. The maximum Gasteiger partial charge on any atom is 0.168 e. The highest BCUT2D eigenvalue weighted by Crippen LogP contribution is 2.36. The van der Waals surface area contributed by atoms with Crippen molar-refractivity contribution in [1.82, 2.24) is 0 Å². The summed E-state index contributed by atoms with van der Waals surface area (Å²) in [5.41, 5.74) is 10.3. The molecule has 1 aliphatic rings. The Balaban J connectivity index is 1.91. The first kappa shape index (κ1) is 13.7. The zero-order valence-corrected chi connectivity index (χ0v) is 12.4. The van der Waals surface area contributed by atoms with E-state index in [-0.39, 0.29) is 11.2 Å². The summed E-state index contributed by atoms with van der Waals surface area (Å²) < 4.78 is 0. The first-order chi connectivity index (χ1) is 9.97. The van der Waals surface area contributed by atoms with Crippen LogP contribution in [0.3, 0.4) is 0 Å². The first-order valence-corrected chi connectivity index (χ1v) is 7.27. The summed E-state index contributed by atoms with van der Waals surface area (Å²) in [6, 6.07) is 13.6. The predicted molar refractivity (Wildman–Crippen MR) is 87.0 cm³/mol. The number of benzene rings is 2. The number of ketones is 1. The number of para-hydroxylation sites is 2. The minimum Gasteiger partial charge on any atom is -0.397 e. The van der Waals surface area contributed by atoms with E-state index >= 15 is 0 Å². The van der Waals surface area contributed by atoms with Crippen LogP contribution in [-0.4, -0.2) is 5.78 Å². The van der Waals surface area contributed by atoms with E-state index in [1.165, 1.54) is 0 Å². The molecule has 1 aliphatic carbocycles. The van der Waals surface area contributed by atoms with Crippen molar-refractivity contribution in [3.8, 4) is 0 Å². The molecule has 2 aromatic carbocycles. The number of nitrogen functional groups attached to an aromatic ring is 1. The quantitative estimate of drug-likeness (QED) is 0.812. The number of nitrogens with one attached hydrogen (secondary N) is 1. The van der Waals surface area contributed by atoms with Gasteiger partial charge in [-0.3, -0.25) is 4.79 Å². The molecule has 0 heterocycles. The highest BCUT2D eigenvalue weighted by atomic mass is 16.1. The third-order valence-electron chi connectivity index (χ3n) is 4.22. The summed E-state index contributed by atoms with van der Waals surface area (Å²) in [4.78, 5) is 12.4. The number of nitrogens with two attached hydrogens (primary N) is 1. The lowest BCUT2D eigenvalue weighted by molar-refractivity contribution is 0.0811. The van der Waals surface area contributed by atoms with Gasteiger partial charge in [-0.05, 0) is 48.7 Å². The lowest BCUT2D eigenvalue weighted by Gasteiger charge is -2.29. The summed E-state index contributed by atoms with van der Waals surface area (Å²) in [5, 5.41) is 3.32. The molecule has 3 N–H and O–H groups in total. The van der Waals surface area contributed by atoms with Crippen molar-refractivity contribution in [3.05, 3.63) is 53.6 Å². The van der Waals surface area contributed by atoms with Gasteiger partial charge < -0.3 is 11.1 Å². The molecule has 0 atom stereocenters. The van der Waals surface area contributed by atoms with Crippen LogP contribution >= 0.6 is 0 Å². The van der Waals surface area contributed by atoms with Crippen molar-refractivity contribution in [2.75, 3.05) is 11.1 Å². The molecular formula is C18H20N2O. The second-order valence-corrected chi connectivity index (χ2v) is 6.30. The Bertz CT molecular complexity index is 704. The number of anilines is 3. The molecule has 21 heavy (non-hydrogen) atoms.